The lowest BCUT2D eigenvalue weighted by atomic mass is 10.1. The number of urea groups is 1. The van der Waals surface area contributed by atoms with Crippen LogP contribution in [0, 0.1) is 0 Å². The molecule has 7 heteroatoms. The number of carbonyl (C=O) groups excluding carboxylic acids is 1. The summed E-state index contributed by atoms with van der Waals surface area (Å²) in [5.41, 5.74) is 1.06. The Bertz CT molecular complexity index is 743. The van der Waals surface area contributed by atoms with Gasteiger partial charge in [-0.15, -0.1) is 0 Å². The minimum atomic E-state index is -3.90. The fraction of sp³-hybridized carbons (Fsp3) is 0.188. The zero-order valence-corrected chi connectivity index (χ0v) is 13.5. The Kier molecular flexibility index (Phi) is 5.59. The van der Waals surface area contributed by atoms with E-state index in [9.17, 15) is 13.2 Å². The summed E-state index contributed by atoms with van der Waals surface area (Å²) in [4.78, 5) is 11.7. The van der Waals surface area contributed by atoms with Gasteiger partial charge < -0.3 is 10.1 Å². The maximum absolute atomic E-state index is 12.1. The van der Waals surface area contributed by atoms with E-state index in [0.29, 0.717) is 18.7 Å². The van der Waals surface area contributed by atoms with E-state index in [0.717, 1.165) is 5.56 Å². The predicted octanol–water partition coefficient (Wildman–Crippen LogP) is 1.93. The average molecular weight is 334 g/mol. The molecule has 0 aliphatic carbocycles. The van der Waals surface area contributed by atoms with Gasteiger partial charge in [-0.1, -0.05) is 30.3 Å². The number of ether oxygens (including phenoxy) is 1. The van der Waals surface area contributed by atoms with E-state index in [4.69, 9.17) is 4.74 Å². The molecule has 2 aromatic rings. The van der Waals surface area contributed by atoms with Crippen LogP contribution in [0.25, 0.3) is 0 Å². The second kappa shape index (κ2) is 7.64. The number of amides is 2. The van der Waals surface area contributed by atoms with Crippen molar-refractivity contribution >= 4 is 16.1 Å². The van der Waals surface area contributed by atoms with Crippen molar-refractivity contribution in [1.82, 2.24) is 10.0 Å². The van der Waals surface area contributed by atoms with Crippen LogP contribution in [-0.2, 0) is 16.4 Å². The highest BCUT2D eigenvalue weighted by Crippen LogP contribution is 2.15. The third kappa shape index (κ3) is 5.00. The lowest BCUT2D eigenvalue weighted by molar-refractivity contribution is 0.246. The maximum Gasteiger partial charge on any atom is 0.328 e. The molecule has 2 N–H and O–H groups in total. The van der Waals surface area contributed by atoms with Crippen LogP contribution in [0.4, 0.5) is 4.79 Å². The number of methoxy groups -OCH3 is 1. The average Bonchev–Trinajstić information content (AvgIpc) is 2.55. The molecule has 2 aromatic carbocycles. The van der Waals surface area contributed by atoms with Gasteiger partial charge in [-0.25, -0.2) is 17.9 Å². The smallest absolute Gasteiger partial charge is 0.328 e. The van der Waals surface area contributed by atoms with Gasteiger partial charge in [0.05, 0.1) is 12.0 Å². The molecule has 0 bridgehead atoms. The SMILES string of the molecule is COc1ccc(S(=O)(=O)NC(=O)NCCc2ccccc2)cc1. The molecule has 0 atom stereocenters. The molecular weight excluding hydrogens is 316 g/mol. The van der Waals surface area contributed by atoms with E-state index >= 15 is 0 Å². The summed E-state index contributed by atoms with van der Waals surface area (Å²) in [6.07, 6.45) is 0.622. The molecule has 122 valence electrons. The molecule has 0 saturated carbocycles. The molecule has 0 unspecified atom stereocenters. The Hall–Kier alpha value is -2.54. The van der Waals surface area contributed by atoms with Crippen LogP contribution in [0.15, 0.2) is 59.5 Å². The highest BCUT2D eigenvalue weighted by atomic mass is 32.2. The zero-order valence-electron chi connectivity index (χ0n) is 12.7. The second-order valence-electron chi connectivity index (χ2n) is 4.77. The second-order valence-corrected chi connectivity index (χ2v) is 6.45. The van der Waals surface area contributed by atoms with E-state index in [2.05, 4.69) is 5.32 Å². The molecule has 0 aromatic heterocycles. The third-order valence-corrected chi connectivity index (χ3v) is 4.49. The molecule has 0 spiro atoms. The molecule has 2 amide bonds. The molecule has 0 aliphatic heterocycles. The van der Waals surface area contributed by atoms with E-state index in [1.54, 1.807) is 0 Å². The van der Waals surface area contributed by atoms with Gasteiger partial charge in [0.15, 0.2) is 0 Å². The summed E-state index contributed by atoms with van der Waals surface area (Å²) in [6, 6.07) is 14.6. The first-order chi connectivity index (χ1) is 11.0. The Morgan fingerprint density at radius 2 is 1.70 bits per heavy atom. The Balaban J connectivity index is 1.88. The van der Waals surface area contributed by atoms with Crippen molar-refractivity contribution < 1.29 is 17.9 Å². The topological polar surface area (TPSA) is 84.5 Å². The molecule has 0 fully saturated rings. The van der Waals surface area contributed by atoms with E-state index < -0.39 is 16.1 Å². The zero-order chi connectivity index (χ0) is 16.7. The van der Waals surface area contributed by atoms with Crippen LogP contribution in [0.2, 0.25) is 0 Å². The van der Waals surface area contributed by atoms with Gasteiger partial charge in [0.25, 0.3) is 10.0 Å². The highest BCUT2D eigenvalue weighted by Gasteiger charge is 2.17. The molecule has 0 aliphatic rings. The van der Waals surface area contributed by atoms with Crippen LogP contribution in [0.5, 0.6) is 5.75 Å². The Morgan fingerprint density at radius 1 is 1.04 bits per heavy atom. The molecule has 0 heterocycles. The fourth-order valence-corrected chi connectivity index (χ4v) is 2.87. The van der Waals surface area contributed by atoms with Crippen LogP contribution in [0.3, 0.4) is 0 Å². The Morgan fingerprint density at radius 3 is 2.30 bits per heavy atom. The van der Waals surface area contributed by atoms with Crippen LogP contribution in [-0.4, -0.2) is 28.1 Å². The number of carbonyl (C=O) groups is 1. The first-order valence-electron chi connectivity index (χ1n) is 7.00. The molecule has 2 rings (SSSR count). The van der Waals surface area contributed by atoms with Crippen molar-refractivity contribution in [3.63, 3.8) is 0 Å². The molecule has 0 saturated heterocycles. The number of nitrogens with one attached hydrogen (secondary N) is 2. The summed E-state index contributed by atoms with van der Waals surface area (Å²) in [5, 5.41) is 2.53. The number of hydrogen-bond acceptors (Lipinski definition) is 4. The van der Waals surface area contributed by atoms with Crippen molar-refractivity contribution in [2.75, 3.05) is 13.7 Å². The fourth-order valence-electron chi connectivity index (χ4n) is 1.94. The van der Waals surface area contributed by atoms with E-state index in [1.807, 2.05) is 35.1 Å². The number of sulfonamides is 1. The standard InChI is InChI=1S/C16H18N2O4S/c1-22-14-7-9-15(10-8-14)23(20,21)18-16(19)17-12-11-13-5-3-2-4-6-13/h2-10H,11-12H2,1H3,(H2,17,18,19). The minimum absolute atomic E-state index is 0.00323. The van der Waals surface area contributed by atoms with E-state index in [-0.39, 0.29) is 4.90 Å². The largest absolute Gasteiger partial charge is 0.497 e. The van der Waals surface area contributed by atoms with Gasteiger partial charge in [0.1, 0.15) is 5.75 Å². The highest BCUT2D eigenvalue weighted by molar-refractivity contribution is 7.90. The summed E-state index contributed by atoms with van der Waals surface area (Å²) >= 11 is 0. The molecular formula is C16H18N2O4S. The quantitative estimate of drug-likeness (QED) is 0.845. The van der Waals surface area contributed by atoms with Gasteiger partial charge in [0.2, 0.25) is 0 Å². The maximum atomic E-state index is 12.1. The van der Waals surface area contributed by atoms with Gasteiger partial charge in [0, 0.05) is 6.54 Å². The number of hydrogen-bond donors (Lipinski definition) is 2. The molecule has 23 heavy (non-hydrogen) atoms. The summed E-state index contributed by atoms with van der Waals surface area (Å²) in [5.74, 6) is 0.538. The number of rotatable bonds is 6. The first kappa shape index (κ1) is 16.8. The van der Waals surface area contributed by atoms with Crippen LogP contribution < -0.4 is 14.8 Å². The summed E-state index contributed by atoms with van der Waals surface area (Å²) in [7, 11) is -2.41. The van der Waals surface area contributed by atoms with Crippen molar-refractivity contribution in [1.29, 1.82) is 0 Å². The summed E-state index contributed by atoms with van der Waals surface area (Å²) < 4.78 is 31.1. The monoisotopic (exact) mass is 334 g/mol. The predicted molar refractivity (Wildman–Crippen MR) is 86.9 cm³/mol. The van der Waals surface area contributed by atoms with Crippen molar-refractivity contribution in [3.8, 4) is 5.75 Å². The molecule has 6 nitrogen and oxygen atoms in total. The van der Waals surface area contributed by atoms with Crippen molar-refractivity contribution in [3.05, 3.63) is 60.2 Å². The van der Waals surface area contributed by atoms with Gasteiger partial charge >= 0.3 is 6.03 Å². The van der Waals surface area contributed by atoms with Crippen LogP contribution in [0.1, 0.15) is 5.56 Å². The number of benzene rings is 2. The van der Waals surface area contributed by atoms with Crippen molar-refractivity contribution in [2.24, 2.45) is 0 Å². The summed E-state index contributed by atoms with van der Waals surface area (Å²) in [6.45, 7) is 0.341. The van der Waals surface area contributed by atoms with Crippen molar-refractivity contribution in [2.45, 2.75) is 11.3 Å². The van der Waals surface area contributed by atoms with Gasteiger partial charge in [-0.2, -0.15) is 0 Å². The van der Waals surface area contributed by atoms with Gasteiger partial charge in [-0.3, -0.25) is 0 Å². The first-order valence-corrected chi connectivity index (χ1v) is 8.48. The normalized spacial score (nSPS) is 10.8. The van der Waals surface area contributed by atoms with Gasteiger partial charge in [-0.05, 0) is 36.2 Å². The van der Waals surface area contributed by atoms with Crippen LogP contribution >= 0.6 is 0 Å². The Labute approximate surface area is 135 Å². The lowest BCUT2D eigenvalue weighted by Gasteiger charge is -2.09. The van der Waals surface area contributed by atoms with E-state index in [1.165, 1.54) is 31.4 Å². The molecule has 0 radical (unpaired) electrons. The minimum Gasteiger partial charge on any atom is -0.497 e. The lowest BCUT2D eigenvalue weighted by Crippen LogP contribution is -2.40. The third-order valence-electron chi connectivity index (χ3n) is 3.14.